The molecule has 0 aromatic heterocycles. The normalized spacial score (nSPS) is 29.5. The zero-order valence-corrected chi connectivity index (χ0v) is 28.2. The van der Waals surface area contributed by atoms with Crippen LogP contribution >= 0.6 is 0 Å². The number of aromatic amines is 1. The number of ether oxygens (including phenoxy) is 4. The summed E-state index contributed by atoms with van der Waals surface area (Å²) < 4.78 is 26.2. The summed E-state index contributed by atoms with van der Waals surface area (Å²) >= 11 is 0. The van der Waals surface area contributed by atoms with E-state index >= 15 is 0 Å². The maximum Gasteiger partial charge on any atom is 0.349 e. The number of likely N-dealkylation sites (tertiary alicyclic amines) is 1. The number of fused-ring (bicyclic) bond motifs is 3. The van der Waals surface area contributed by atoms with Crippen molar-refractivity contribution in [1.82, 2.24) is 24.4 Å². The number of nitrogens with one attached hydrogen (secondary N) is 1. The maximum atomic E-state index is 12.8. The lowest BCUT2D eigenvalue weighted by molar-refractivity contribution is -0.230. The molecule has 13 heteroatoms. The highest BCUT2D eigenvalue weighted by atomic mass is 16.8. The molecule has 0 amide bonds. The molecule has 0 bridgehead atoms. The number of aliphatic hydroxyl groups excluding tert-OH is 2. The van der Waals surface area contributed by atoms with Gasteiger partial charge in [0.2, 0.25) is 0 Å². The summed E-state index contributed by atoms with van der Waals surface area (Å²) in [6, 6.07) is 9.91. The molecule has 1 saturated carbocycles. The van der Waals surface area contributed by atoms with E-state index in [4.69, 9.17) is 18.9 Å². The van der Waals surface area contributed by atoms with Crippen LogP contribution in [0.15, 0.2) is 39.9 Å². The van der Waals surface area contributed by atoms with Crippen LogP contribution in [-0.2, 0) is 21.4 Å². The van der Waals surface area contributed by atoms with Crippen molar-refractivity contribution < 1.29 is 29.2 Å². The molecule has 13 nitrogen and oxygen atoms in total. The van der Waals surface area contributed by atoms with Gasteiger partial charge in [0.1, 0.15) is 18.3 Å². The van der Waals surface area contributed by atoms with E-state index in [0.29, 0.717) is 35.4 Å². The number of rotatable bonds is 7. The second-order valence-electron chi connectivity index (χ2n) is 13.9. The number of aromatic nitrogens is 4. The number of hydrogen-bond acceptors (Lipinski definition) is 11. The zero-order valence-electron chi connectivity index (χ0n) is 28.2. The van der Waals surface area contributed by atoms with Crippen LogP contribution in [0.25, 0.3) is 22.6 Å². The summed E-state index contributed by atoms with van der Waals surface area (Å²) in [4.78, 5) is 38.3. The van der Waals surface area contributed by atoms with Crippen LogP contribution in [-0.4, -0.2) is 98.7 Å². The van der Waals surface area contributed by atoms with Gasteiger partial charge in [-0.3, -0.25) is 14.7 Å². The van der Waals surface area contributed by atoms with Gasteiger partial charge in [-0.25, -0.2) is 9.78 Å². The smallest absolute Gasteiger partial charge is 0.349 e. The molecule has 4 heterocycles. The summed E-state index contributed by atoms with van der Waals surface area (Å²) in [6.07, 6.45) is -0.154. The second kappa shape index (κ2) is 11.6. The maximum absolute atomic E-state index is 12.8. The molecule has 48 heavy (non-hydrogen) atoms. The number of H-pyrrole nitrogens is 1. The lowest BCUT2D eigenvalue weighted by atomic mass is 9.57. The van der Waals surface area contributed by atoms with Crippen molar-refractivity contribution in [3.05, 3.63) is 67.9 Å². The van der Waals surface area contributed by atoms with Crippen LogP contribution in [0.3, 0.4) is 0 Å². The fourth-order valence-electron chi connectivity index (χ4n) is 8.58. The van der Waals surface area contributed by atoms with E-state index < -0.39 is 35.3 Å². The minimum atomic E-state index is -1.19. The van der Waals surface area contributed by atoms with Gasteiger partial charge in [0.15, 0.2) is 28.8 Å². The van der Waals surface area contributed by atoms with Crippen molar-refractivity contribution in [2.45, 2.75) is 88.1 Å². The van der Waals surface area contributed by atoms with Gasteiger partial charge in [0.05, 0.1) is 38.4 Å². The monoisotopic (exact) mass is 661 g/mol. The SMILES string of the molecule is COc1ccc([C@]23CCN(C)[C@@]2(C)CC2(CC3)O[C@@H]([C@@H](O)Cn3c4nc(=O)[nH]c(=O)c-4nc4cc(C)c(C)cc43)[C@@H](CO)O2)cc1OC. The van der Waals surface area contributed by atoms with Gasteiger partial charge in [0, 0.05) is 23.8 Å². The number of benzene rings is 2. The Hall–Kier alpha value is -3.88. The molecule has 1 aliphatic carbocycles. The summed E-state index contributed by atoms with van der Waals surface area (Å²) in [7, 11) is 5.38. The Bertz CT molecular complexity index is 1980. The first kappa shape index (κ1) is 32.7. The quantitative estimate of drug-likeness (QED) is 0.249. The molecule has 2 saturated heterocycles. The predicted octanol–water partition coefficient (Wildman–Crippen LogP) is 2.27. The molecule has 1 spiro atoms. The number of methoxy groups -OCH3 is 2. The van der Waals surface area contributed by atoms with Crippen molar-refractivity contribution in [2.24, 2.45) is 0 Å². The zero-order chi connectivity index (χ0) is 34.2. The molecule has 256 valence electrons. The van der Waals surface area contributed by atoms with Gasteiger partial charge in [0.25, 0.3) is 5.56 Å². The summed E-state index contributed by atoms with van der Waals surface area (Å²) in [6.45, 7) is 6.57. The molecule has 7 rings (SSSR count). The molecule has 0 radical (unpaired) electrons. The van der Waals surface area contributed by atoms with Crippen molar-refractivity contribution >= 4 is 11.0 Å². The Balaban J connectivity index is 1.23. The first-order chi connectivity index (χ1) is 22.9. The second-order valence-corrected chi connectivity index (χ2v) is 13.9. The third-order valence-electron chi connectivity index (χ3n) is 11.5. The highest BCUT2D eigenvalue weighted by molar-refractivity contribution is 5.81. The molecule has 6 atom stereocenters. The topological polar surface area (TPSA) is 161 Å². The van der Waals surface area contributed by atoms with E-state index in [2.05, 4.69) is 46.0 Å². The number of aryl methyl sites for hydroxylation is 2. The molecular formula is C35H43N5O8. The fourth-order valence-corrected chi connectivity index (χ4v) is 8.58. The molecular weight excluding hydrogens is 618 g/mol. The van der Waals surface area contributed by atoms with E-state index in [9.17, 15) is 19.8 Å². The van der Waals surface area contributed by atoms with E-state index in [1.807, 2.05) is 32.0 Å². The van der Waals surface area contributed by atoms with E-state index in [1.165, 1.54) is 0 Å². The van der Waals surface area contributed by atoms with E-state index in [-0.39, 0.29) is 35.6 Å². The molecule has 5 aliphatic rings. The third kappa shape index (κ3) is 4.85. The molecule has 3 fully saturated rings. The summed E-state index contributed by atoms with van der Waals surface area (Å²) in [5.74, 6) is 0.362. The van der Waals surface area contributed by atoms with Crippen molar-refractivity contribution in [3.8, 4) is 23.0 Å². The Kier molecular flexibility index (Phi) is 7.91. The third-order valence-corrected chi connectivity index (χ3v) is 11.5. The number of nitrogens with zero attached hydrogens (tertiary/aromatic N) is 4. The van der Waals surface area contributed by atoms with Crippen LogP contribution in [0, 0.1) is 13.8 Å². The molecule has 3 N–H and O–H groups in total. The number of hydrogen-bond donors (Lipinski definition) is 3. The standard InChI is InChI=1S/C35H43N5O8/c1-19-13-22-23(14-20(19)2)40(30-28(36-22)31(43)38-32(44)37-30)16-24(42)29-27(17-41)47-35(48-29)10-9-34(11-12-39(4)33(34,3)18-35)21-7-8-25(45-5)26(15-21)46-6/h7-8,13-15,24,27,29,41-42H,9-12,16-18H2,1-6H3,(H,38,43,44)/t24-,27+,29-,33-,34-,35?/m0/s1. The van der Waals surface area contributed by atoms with E-state index in [0.717, 1.165) is 36.1 Å². The number of likely N-dealkylation sites (N-methyl/N-ethyl adjacent to an activating group) is 1. The summed E-state index contributed by atoms with van der Waals surface area (Å²) in [5, 5.41) is 22.4. The highest BCUT2D eigenvalue weighted by Crippen LogP contribution is 2.60. The Morgan fingerprint density at radius 1 is 1.04 bits per heavy atom. The van der Waals surface area contributed by atoms with E-state index in [1.54, 1.807) is 18.8 Å². The van der Waals surface area contributed by atoms with Crippen molar-refractivity contribution in [1.29, 1.82) is 0 Å². The predicted molar refractivity (Wildman–Crippen MR) is 177 cm³/mol. The Morgan fingerprint density at radius 3 is 2.52 bits per heavy atom. The van der Waals surface area contributed by atoms with Gasteiger partial charge in [-0.15, -0.1) is 0 Å². The largest absolute Gasteiger partial charge is 0.493 e. The van der Waals surface area contributed by atoms with Crippen LogP contribution in [0.5, 0.6) is 11.5 Å². The van der Waals surface area contributed by atoms with Gasteiger partial charge >= 0.3 is 5.69 Å². The van der Waals surface area contributed by atoms with Crippen LogP contribution in [0.4, 0.5) is 0 Å². The highest BCUT2D eigenvalue weighted by Gasteiger charge is 2.65. The fraction of sp³-hybridized carbons (Fsp3) is 0.543. The lowest BCUT2D eigenvalue weighted by Crippen LogP contribution is -2.61. The van der Waals surface area contributed by atoms with Gasteiger partial charge in [-0.05, 0) is 88.2 Å². The molecule has 2 aromatic rings. The average Bonchev–Trinajstić information content (AvgIpc) is 3.55. The molecule has 2 aromatic carbocycles. The summed E-state index contributed by atoms with van der Waals surface area (Å²) in [5.41, 5.74) is 2.17. The van der Waals surface area contributed by atoms with Crippen LogP contribution in [0.1, 0.15) is 49.3 Å². The average molecular weight is 662 g/mol. The first-order valence-corrected chi connectivity index (χ1v) is 16.4. The number of aliphatic hydroxyl groups is 2. The minimum absolute atomic E-state index is 0.00713. The van der Waals surface area contributed by atoms with Crippen LogP contribution < -0.4 is 20.7 Å². The van der Waals surface area contributed by atoms with Crippen molar-refractivity contribution in [3.63, 3.8) is 0 Å². The van der Waals surface area contributed by atoms with Gasteiger partial charge in [-0.2, -0.15) is 4.98 Å². The Labute approximate surface area is 277 Å². The minimum Gasteiger partial charge on any atom is -0.493 e. The molecule has 4 aliphatic heterocycles. The Morgan fingerprint density at radius 2 is 1.79 bits per heavy atom. The van der Waals surface area contributed by atoms with Gasteiger partial charge in [-0.1, -0.05) is 6.07 Å². The van der Waals surface area contributed by atoms with Crippen molar-refractivity contribution in [2.75, 3.05) is 34.4 Å². The lowest BCUT2D eigenvalue weighted by Gasteiger charge is -2.55. The first-order valence-electron chi connectivity index (χ1n) is 16.4. The van der Waals surface area contributed by atoms with Crippen LogP contribution in [0.2, 0.25) is 0 Å². The molecule has 1 unspecified atom stereocenters. The van der Waals surface area contributed by atoms with Gasteiger partial charge < -0.3 is 33.7 Å².